The molecular formula is C9H18N2O5. The van der Waals surface area contributed by atoms with Gasteiger partial charge in [-0.25, -0.2) is 9.59 Å². The third kappa shape index (κ3) is 5.52. The highest BCUT2D eigenvalue weighted by molar-refractivity contribution is 5.82. The summed E-state index contributed by atoms with van der Waals surface area (Å²) in [6.07, 6.45) is -0.0147. The number of carbonyl (C=O) groups is 2. The van der Waals surface area contributed by atoms with Crippen LogP contribution in [0.1, 0.15) is 6.42 Å². The number of likely N-dealkylation sites (N-methyl/N-ethyl adjacent to an activating group) is 1. The third-order valence-electron chi connectivity index (χ3n) is 1.99. The zero-order valence-corrected chi connectivity index (χ0v) is 9.47. The van der Waals surface area contributed by atoms with Gasteiger partial charge in [-0.05, 0) is 0 Å². The molecule has 0 aliphatic carbocycles. The number of amides is 2. The van der Waals surface area contributed by atoms with Gasteiger partial charge in [-0.1, -0.05) is 0 Å². The van der Waals surface area contributed by atoms with Crippen LogP contribution >= 0.6 is 0 Å². The molecule has 2 amide bonds. The van der Waals surface area contributed by atoms with Crippen molar-refractivity contribution in [1.29, 1.82) is 0 Å². The summed E-state index contributed by atoms with van der Waals surface area (Å²) in [7, 11) is 3.05. The summed E-state index contributed by atoms with van der Waals surface area (Å²) >= 11 is 0. The van der Waals surface area contributed by atoms with Gasteiger partial charge in [0.05, 0.1) is 6.61 Å². The maximum Gasteiger partial charge on any atom is 0.326 e. The lowest BCUT2D eigenvalue weighted by molar-refractivity contribution is -0.139. The normalized spacial score (nSPS) is 11.9. The van der Waals surface area contributed by atoms with Crippen molar-refractivity contribution >= 4 is 12.0 Å². The van der Waals surface area contributed by atoms with Gasteiger partial charge in [0.2, 0.25) is 0 Å². The van der Waals surface area contributed by atoms with Crippen molar-refractivity contribution in [2.45, 2.75) is 12.5 Å². The Balaban J connectivity index is 4.12. The molecule has 0 aromatic heterocycles. The average Bonchev–Trinajstić information content (AvgIpc) is 2.24. The van der Waals surface area contributed by atoms with E-state index < -0.39 is 18.0 Å². The largest absolute Gasteiger partial charge is 0.480 e. The molecule has 0 saturated carbocycles. The van der Waals surface area contributed by atoms with Crippen LogP contribution in [0.15, 0.2) is 0 Å². The molecule has 0 aromatic carbocycles. The summed E-state index contributed by atoms with van der Waals surface area (Å²) in [6, 6.07) is -1.57. The number of carboxylic acid groups (broad SMARTS) is 1. The number of aliphatic carboxylic acids is 1. The predicted octanol–water partition coefficient (Wildman–Crippen LogP) is -0.890. The Labute approximate surface area is 94.0 Å². The SMILES string of the molecule is COCCN(C)C(=O)N[C@@H](CCO)C(=O)O. The third-order valence-corrected chi connectivity index (χ3v) is 1.99. The van der Waals surface area contributed by atoms with Gasteiger partial charge < -0.3 is 25.2 Å². The number of aliphatic hydroxyl groups is 1. The molecule has 0 aliphatic rings. The first-order valence-electron chi connectivity index (χ1n) is 4.87. The van der Waals surface area contributed by atoms with Gasteiger partial charge in [-0.2, -0.15) is 0 Å². The molecule has 0 aromatic rings. The smallest absolute Gasteiger partial charge is 0.326 e. The Morgan fingerprint density at radius 3 is 2.56 bits per heavy atom. The number of rotatable bonds is 7. The number of urea groups is 1. The molecule has 1 atom stereocenters. The number of methoxy groups -OCH3 is 1. The average molecular weight is 234 g/mol. The van der Waals surface area contributed by atoms with Gasteiger partial charge in [0.1, 0.15) is 6.04 Å². The van der Waals surface area contributed by atoms with Crippen LogP contribution in [0.4, 0.5) is 4.79 Å². The second-order valence-electron chi connectivity index (χ2n) is 3.27. The van der Waals surface area contributed by atoms with E-state index in [9.17, 15) is 9.59 Å². The number of hydrogen-bond donors (Lipinski definition) is 3. The molecule has 7 nitrogen and oxygen atoms in total. The fourth-order valence-corrected chi connectivity index (χ4v) is 0.975. The lowest BCUT2D eigenvalue weighted by atomic mass is 10.2. The van der Waals surface area contributed by atoms with Crippen molar-refractivity contribution in [2.75, 3.05) is 33.9 Å². The van der Waals surface area contributed by atoms with E-state index in [0.717, 1.165) is 0 Å². The maximum atomic E-state index is 11.5. The molecule has 0 unspecified atom stereocenters. The van der Waals surface area contributed by atoms with Crippen LogP contribution in [0.2, 0.25) is 0 Å². The van der Waals surface area contributed by atoms with Crippen molar-refractivity contribution in [3.05, 3.63) is 0 Å². The van der Waals surface area contributed by atoms with Crippen LogP contribution in [0.3, 0.4) is 0 Å². The van der Waals surface area contributed by atoms with E-state index in [1.807, 2.05) is 0 Å². The van der Waals surface area contributed by atoms with Crippen molar-refractivity contribution in [1.82, 2.24) is 10.2 Å². The molecule has 94 valence electrons. The van der Waals surface area contributed by atoms with Gasteiger partial charge in [-0.15, -0.1) is 0 Å². The Morgan fingerprint density at radius 1 is 1.50 bits per heavy atom. The Bertz CT molecular complexity index is 234. The van der Waals surface area contributed by atoms with Crippen molar-refractivity contribution in [2.24, 2.45) is 0 Å². The minimum absolute atomic E-state index is 0.0147. The number of nitrogens with one attached hydrogen (secondary N) is 1. The van der Waals surface area contributed by atoms with Crippen LogP contribution in [0.5, 0.6) is 0 Å². The first kappa shape index (κ1) is 14.7. The van der Waals surface area contributed by atoms with E-state index in [0.29, 0.717) is 13.2 Å². The quantitative estimate of drug-likeness (QED) is 0.530. The zero-order valence-electron chi connectivity index (χ0n) is 9.47. The second kappa shape index (κ2) is 7.89. The minimum atomic E-state index is -1.16. The summed E-state index contributed by atoms with van der Waals surface area (Å²) < 4.78 is 4.78. The first-order chi connectivity index (χ1) is 7.52. The highest BCUT2D eigenvalue weighted by Gasteiger charge is 2.20. The minimum Gasteiger partial charge on any atom is -0.480 e. The number of carboxylic acids is 1. The van der Waals surface area contributed by atoms with E-state index >= 15 is 0 Å². The molecule has 0 spiro atoms. The second-order valence-corrected chi connectivity index (χ2v) is 3.27. The van der Waals surface area contributed by atoms with Crippen molar-refractivity contribution in [3.63, 3.8) is 0 Å². The van der Waals surface area contributed by atoms with Gasteiger partial charge >= 0.3 is 12.0 Å². The first-order valence-corrected chi connectivity index (χ1v) is 4.87. The van der Waals surface area contributed by atoms with Gasteiger partial charge in [-0.3, -0.25) is 0 Å². The lowest BCUT2D eigenvalue weighted by Gasteiger charge is -2.20. The molecule has 7 heteroatoms. The van der Waals surface area contributed by atoms with Crippen LogP contribution in [-0.2, 0) is 9.53 Å². The summed E-state index contributed by atoms with van der Waals surface area (Å²) in [4.78, 5) is 23.5. The zero-order chi connectivity index (χ0) is 12.6. The van der Waals surface area contributed by atoms with Crippen LogP contribution in [0, 0.1) is 0 Å². The van der Waals surface area contributed by atoms with Crippen LogP contribution in [-0.4, -0.2) is 67.1 Å². The Hall–Kier alpha value is -1.34. The summed E-state index contributed by atoms with van der Waals surface area (Å²) in [5.74, 6) is -1.16. The summed E-state index contributed by atoms with van der Waals surface area (Å²) in [5.41, 5.74) is 0. The predicted molar refractivity (Wildman–Crippen MR) is 56.2 cm³/mol. The molecule has 0 rings (SSSR count). The summed E-state index contributed by atoms with van der Waals surface area (Å²) in [5, 5.41) is 19.7. The van der Waals surface area contributed by atoms with Crippen molar-refractivity contribution in [3.8, 4) is 0 Å². The molecule has 0 fully saturated rings. The number of nitrogens with zero attached hydrogens (tertiary/aromatic N) is 1. The highest BCUT2D eigenvalue weighted by Crippen LogP contribution is 1.94. The van der Waals surface area contributed by atoms with E-state index in [-0.39, 0.29) is 13.0 Å². The molecule has 16 heavy (non-hydrogen) atoms. The van der Waals surface area contributed by atoms with Crippen LogP contribution < -0.4 is 5.32 Å². The molecule has 0 bridgehead atoms. The monoisotopic (exact) mass is 234 g/mol. The molecule has 0 saturated heterocycles. The molecular weight excluding hydrogens is 216 g/mol. The number of hydrogen-bond acceptors (Lipinski definition) is 4. The topological polar surface area (TPSA) is 99.1 Å². The number of aliphatic hydroxyl groups excluding tert-OH is 1. The molecule has 3 N–H and O–H groups in total. The Morgan fingerprint density at radius 2 is 2.12 bits per heavy atom. The molecule has 0 radical (unpaired) electrons. The van der Waals surface area contributed by atoms with Gasteiger partial charge in [0, 0.05) is 33.7 Å². The van der Waals surface area contributed by atoms with E-state index in [1.165, 1.54) is 19.1 Å². The summed E-state index contributed by atoms with van der Waals surface area (Å²) in [6.45, 7) is 0.453. The van der Waals surface area contributed by atoms with Gasteiger partial charge in [0.15, 0.2) is 0 Å². The Kier molecular flexibility index (Phi) is 7.23. The molecule has 0 heterocycles. The van der Waals surface area contributed by atoms with Crippen LogP contribution in [0.25, 0.3) is 0 Å². The van der Waals surface area contributed by atoms with E-state index in [2.05, 4.69) is 5.32 Å². The maximum absolute atomic E-state index is 11.5. The van der Waals surface area contributed by atoms with Crippen molar-refractivity contribution < 1.29 is 24.5 Å². The van der Waals surface area contributed by atoms with E-state index in [1.54, 1.807) is 0 Å². The lowest BCUT2D eigenvalue weighted by Crippen LogP contribution is -2.47. The number of carbonyl (C=O) groups excluding carboxylic acids is 1. The fraction of sp³-hybridized carbons (Fsp3) is 0.778. The standard InChI is InChI=1S/C9H18N2O5/c1-11(4-6-16-2)9(15)10-7(3-5-12)8(13)14/h7,12H,3-6H2,1-2H3,(H,10,15)(H,13,14)/t7-/m0/s1. The van der Waals surface area contributed by atoms with Gasteiger partial charge in [0.25, 0.3) is 0 Å². The van der Waals surface area contributed by atoms with E-state index in [4.69, 9.17) is 14.9 Å². The molecule has 0 aliphatic heterocycles. The highest BCUT2D eigenvalue weighted by atomic mass is 16.5. The number of ether oxygens (including phenoxy) is 1. The fourth-order valence-electron chi connectivity index (χ4n) is 0.975.